The van der Waals surface area contributed by atoms with Crippen molar-refractivity contribution in [1.29, 1.82) is 0 Å². The van der Waals surface area contributed by atoms with Gasteiger partial charge in [-0.2, -0.15) is 13.2 Å². The largest absolute Gasteiger partial charge is 0.491 e. The fourth-order valence-electron chi connectivity index (χ4n) is 3.22. The zero-order chi connectivity index (χ0) is 22.7. The maximum absolute atomic E-state index is 14.2. The van der Waals surface area contributed by atoms with E-state index in [1.807, 2.05) is 0 Å². The Hall–Kier alpha value is -2.28. The molecule has 4 aromatic heterocycles. The van der Waals surface area contributed by atoms with Crippen LogP contribution in [-0.2, 0) is 12.5 Å². The number of alkyl halides is 6. The van der Waals surface area contributed by atoms with Crippen LogP contribution in [0.5, 0.6) is 0 Å². The van der Waals surface area contributed by atoms with Gasteiger partial charge < -0.3 is 0 Å². The van der Waals surface area contributed by atoms with Gasteiger partial charge >= 0.3 is 12.5 Å². The molecule has 4 aromatic rings. The molecule has 0 unspecified atom stereocenters. The highest BCUT2D eigenvalue weighted by Gasteiger charge is 2.44. The molecule has 0 aliphatic carbocycles. The normalized spacial score (nSPS) is 12.9. The topological polar surface area (TPSA) is 48.0 Å². The van der Waals surface area contributed by atoms with Gasteiger partial charge in [-0.05, 0) is 52.9 Å². The molecule has 0 N–H and O–H groups in total. The zero-order valence-corrected chi connectivity index (χ0v) is 18.2. The Morgan fingerprint density at radius 3 is 2.32 bits per heavy atom. The van der Waals surface area contributed by atoms with Gasteiger partial charge in [0, 0.05) is 10.2 Å². The van der Waals surface area contributed by atoms with E-state index in [-0.39, 0.29) is 26.5 Å². The highest BCUT2D eigenvalue weighted by molar-refractivity contribution is 9.10. The average Bonchev–Trinajstić information content (AvgIpc) is 3.21. The van der Waals surface area contributed by atoms with E-state index in [0.29, 0.717) is 10.2 Å². The lowest BCUT2D eigenvalue weighted by Crippen LogP contribution is -2.20. The summed E-state index contributed by atoms with van der Waals surface area (Å²) in [6.07, 6.45) is -10.1. The first-order chi connectivity index (χ1) is 14.4. The summed E-state index contributed by atoms with van der Waals surface area (Å²) >= 11 is 4.32. The molecule has 164 valence electrons. The third-order valence-electron chi connectivity index (χ3n) is 4.35. The summed E-state index contributed by atoms with van der Waals surface area (Å²) in [6.45, 7) is 3.22. The van der Waals surface area contributed by atoms with Gasteiger partial charge in [0.1, 0.15) is 16.9 Å². The molecule has 31 heavy (non-hydrogen) atoms. The first-order valence-electron chi connectivity index (χ1n) is 8.78. The minimum absolute atomic E-state index is 0.147. The van der Waals surface area contributed by atoms with E-state index in [2.05, 4.69) is 30.9 Å². The van der Waals surface area contributed by atoms with Crippen LogP contribution < -0.4 is 0 Å². The maximum Gasteiger partial charge on any atom is 0.491 e. The van der Waals surface area contributed by atoms with Gasteiger partial charge in [0.05, 0.1) is 5.03 Å². The monoisotopic (exact) mass is 523 g/mol. The second-order valence-electron chi connectivity index (χ2n) is 6.45. The highest BCUT2D eigenvalue weighted by atomic mass is 79.9. The van der Waals surface area contributed by atoms with Crippen molar-refractivity contribution in [3.8, 4) is 11.5 Å². The smallest absolute Gasteiger partial charge is 0.281 e. The molecule has 0 aliphatic heterocycles. The first-order valence-corrected chi connectivity index (χ1v) is 10.6. The first kappa shape index (κ1) is 21.9. The Morgan fingerprint density at radius 2 is 1.71 bits per heavy atom. The van der Waals surface area contributed by atoms with Gasteiger partial charge in [-0.1, -0.05) is 6.92 Å². The van der Waals surface area contributed by atoms with E-state index in [1.165, 1.54) is 31.2 Å². The second kappa shape index (κ2) is 7.40. The van der Waals surface area contributed by atoms with E-state index in [1.54, 1.807) is 6.92 Å². The molecule has 4 heterocycles. The number of hydrogen-bond acceptors (Lipinski definition) is 4. The fourth-order valence-corrected chi connectivity index (χ4v) is 4.67. The van der Waals surface area contributed by atoms with Crippen molar-refractivity contribution in [2.75, 3.05) is 5.75 Å². The number of rotatable bonds is 3. The standard InChI is InChI=1S/C18H12BrF6N5S/c1-3-31-16-9(19)5-7-11-28-12(13(29(11)16)17(20,21)22)15-27-10-6-4-8(2)26-14(10)30(15)18(23,24)25/h4-7H,3H2,1-2H3. The SMILES string of the molecule is CCSc1c(Br)ccc2nc(-c3nc4ccc(C)nc4n3C(F)(F)F)c(C(F)(F)F)n12. The number of fused-ring (bicyclic) bond motifs is 2. The molecule has 0 atom stereocenters. The van der Waals surface area contributed by atoms with Crippen molar-refractivity contribution in [3.05, 3.63) is 40.1 Å². The van der Waals surface area contributed by atoms with E-state index in [9.17, 15) is 26.3 Å². The molecule has 0 spiro atoms. The Labute approximate surface area is 183 Å². The Morgan fingerprint density at radius 1 is 1.00 bits per heavy atom. The number of halogens is 7. The maximum atomic E-state index is 14.2. The summed E-state index contributed by atoms with van der Waals surface area (Å²) in [7, 11) is 0. The van der Waals surface area contributed by atoms with Crippen LogP contribution in [0, 0.1) is 6.92 Å². The summed E-state index contributed by atoms with van der Waals surface area (Å²) in [5.41, 5.74) is -2.91. The van der Waals surface area contributed by atoms with Gasteiger partial charge in [0.2, 0.25) is 0 Å². The number of hydrogen-bond donors (Lipinski definition) is 0. The van der Waals surface area contributed by atoms with E-state index < -0.39 is 35.3 Å². The van der Waals surface area contributed by atoms with Crippen LogP contribution in [0.4, 0.5) is 26.3 Å². The number of nitrogens with zero attached hydrogens (tertiary/aromatic N) is 5. The van der Waals surface area contributed by atoms with Crippen LogP contribution in [0.15, 0.2) is 33.8 Å². The number of imidazole rings is 2. The molecule has 0 fully saturated rings. The second-order valence-corrected chi connectivity index (χ2v) is 8.56. The molecule has 0 aliphatic rings. The predicted molar refractivity (Wildman–Crippen MR) is 107 cm³/mol. The fraction of sp³-hybridized carbons (Fsp3) is 0.278. The van der Waals surface area contributed by atoms with Crippen molar-refractivity contribution in [2.24, 2.45) is 0 Å². The summed E-state index contributed by atoms with van der Waals surface area (Å²) in [4.78, 5) is 11.6. The van der Waals surface area contributed by atoms with E-state index in [4.69, 9.17) is 0 Å². The number of aromatic nitrogens is 5. The van der Waals surface area contributed by atoms with Crippen molar-refractivity contribution in [1.82, 2.24) is 23.9 Å². The van der Waals surface area contributed by atoms with Crippen LogP contribution in [-0.4, -0.2) is 29.7 Å². The lowest BCUT2D eigenvalue weighted by molar-refractivity contribution is -0.200. The molecular formula is C18H12BrF6N5S. The molecule has 0 bridgehead atoms. The van der Waals surface area contributed by atoms with Gasteiger partial charge in [-0.3, -0.25) is 4.40 Å². The van der Waals surface area contributed by atoms with Crippen molar-refractivity contribution < 1.29 is 26.3 Å². The van der Waals surface area contributed by atoms with Crippen LogP contribution in [0.3, 0.4) is 0 Å². The third kappa shape index (κ3) is 3.67. The van der Waals surface area contributed by atoms with Crippen LogP contribution >= 0.6 is 27.7 Å². The molecule has 0 amide bonds. The quantitative estimate of drug-likeness (QED) is 0.229. The van der Waals surface area contributed by atoms with Gasteiger partial charge in [0.15, 0.2) is 17.2 Å². The summed E-state index contributed by atoms with van der Waals surface area (Å²) in [5, 5.41) is 0.176. The van der Waals surface area contributed by atoms with E-state index in [0.717, 1.165) is 16.2 Å². The molecule has 5 nitrogen and oxygen atoms in total. The van der Waals surface area contributed by atoms with Crippen LogP contribution in [0.25, 0.3) is 28.3 Å². The van der Waals surface area contributed by atoms with E-state index >= 15 is 0 Å². The number of pyridine rings is 2. The van der Waals surface area contributed by atoms with Crippen LogP contribution in [0.1, 0.15) is 18.3 Å². The average molecular weight is 524 g/mol. The van der Waals surface area contributed by atoms with Crippen LogP contribution in [0.2, 0.25) is 0 Å². The third-order valence-corrected chi connectivity index (χ3v) is 6.22. The Bertz CT molecular complexity index is 1310. The molecule has 0 aromatic carbocycles. The summed E-state index contributed by atoms with van der Waals surface area (Å²) < 4.78 is 85.3. The van der Waals surface area contributed by atoms with Gasteiger partial charge in [0.25, 0.3) is 0 Å². The molecule has 0 saturated heterocycles. The Balaban J connectivity index is 2.17. The molecular weight excluding hydrogens is 512 g/mol. The number of aryl methyl sites for hydroxylation is 1. The lowest BCUT2D eigenvalue weighted by atomic mass is 10.3. The molecule has 0 saturated carbocycles. The predicted octanol–water partition coefficient (Wildman–Crippen LogP) is 6.42. The summed E-state index contributed by atoms with van der Waals surface area (Å²) in [6, 6.07) is 5.51. The highest BCUT2D eigenvalue weighted by Crippen LogP contribution is 2.43. The lowest BCUT2D eigenvalue weighted by Gasteiger charge is -2.14. The van der Waals surface area contributed by atoms with Crippen molar-refractivity contribution in [3.63, 3.8) is 0 Å². The van der Waals surface area contributed by atoms with Gasteiger partial charge in [-0.25, -0.2) is 19.5 Å². The van der Waals surface area contributed by atoms with Gasteiger partial charge in [-0.15, -0.1) is 24.9 Å². The molecule has 0 radical (unpaired) electrons. The summed E-state index contributed by atoms with van der Waals surface area (Å²) in [5.74, 6) is -0.535. The zero-order valence-electron chi connectivity index (χ0n) is 15.8. The Kier molecular flexibility index (Phi) is 5.23. The minimum Gasteiger partial charge on any atom is -0.281 e. The molecule has 13 heteroatoms. The van der Waals surface area contributed by atoms with Crippen molar-refractivity contribution >= 4 is 44.5 Å². The molecule has 4 rings (SSSR count). The minimum atomic E-state index is -5.06. The van der Waals surface area contributed by atoms with Crippen molar-refractivity contribution in [2.45, 2.75) is 31.3 Å². The number of thioether (sulfide) groups is 1.